The van der Waals surface area contributed by atoms with Gasteiger partial charge in [-0.3, -0.25) is 0 Å². The van der Waals surface area contributed by atoms with E-state index in [9.17, 15) is 8.78 Å². The van der Waals surface area contributed by atoms with E-state index in [1.807, 2.05) is 0 Å². The molecule has 0 saturated carbocycles. The fourth-order valence-electron chi connectivity index (χ4n) is 1.47. The highest BCUT2D eigenvalue weighted by molar-refractivity contribution is 5.36. The molecule has 0 unspecified atom stereocenters. The van der Waals surface area contributed by atoms with Crippen molar-refractivity contribution in [1.82, 2.24) is 0 Å². The molecule has 0 aliphatic rings. The fourth-order valence-corrected chi connectivity index (χ4v) is 1.47. The van der Waals surface area contributed by atoms with E-state index in [1.165, 1.54) is 0 Å². The van der Waals surface area contributed by atoms with Crippen molar-refractivity contribution >= 4 is 0 Å². The largest absolute Gasteiger partial charge is 0.390 e. The summed E-state index contributed by atoms with van der Waals surface area (Å²) in [5.74, 6) is -3.13. The minimum atomic E-state index is -3.13. The van der Waals surface area contributed by atoms with Gasteiger partial charge in [0.1, 0.15) is 6.61 Å². The topological polar surface area (TPSA) is 20.2 Å². The van der Waals surface area contributed by atoms with Crippen LogP contribution in [0.1, 0.15) is 16.7 Å². The third kappa shape index (κ3) is 1.86. The lowest BCUT2D eigenvalue weighted by Gasteiger charge is -2.18. The summed E-state index contributed by atoms with van der Waals surface area (Å²) < 4.78 is 26.3. The highest BCUT2D eigenvalue weighted by Gasteiger charge is 2.33. The quantitative estimate of drug-likeness (QED) is 0.751. The van der Waals surface area contributed by atoms with Gasteiger partial charge in [0.2, 0.25) is 0 Å². The minimum Gasteiger partial charge on any atom is -0.390 e. The average Bonchev–Trinajstić information content (AvgIpc) is 2.03. The van der Waals surface area contributed by atoms with Crippen molar-refractivity contribution in [2.24, 2.45) is 0 Å². The van der Waals surface area contributed by atoms with Crippen LogP contribution >= 0.6 is 0 Å². The summed E-state index contributed by atoms with van der Waals surface area (Å²) >= 11 is 0. The highest BCUT2D eigenvalue weighted by atomic mass is 19.3. The van der Waals surface area contributed by atoms with Crippen molar-refractivity contribution in [3.63, 3.8) is 0 Å². The Labute approximate surface area is 76.0 Å². The van der Waals surface area contributed by atoms with E-state index in [4.69, 9.17) is 5.11 Å². The Morgan fingerprint density at radius 3 is 2.08 bits per heavy atom. The number of alkyl halides is 2. The number of rotatable bonds is 2. The first kappa shape index (κ1) is 10.1. The smallest absolute Gasteiger partial charge is 0.296 e. The maximum atomic E-state index is 13.2. The van der Waals surface area contributed by atoms with E-state index < -0.39 is 12.5 Å². The molecule has 1 aromatic rings. The van der Waals surface area contributed by atoms with Crippen LogP contribution in [0.15, 0.2) is 18.2 Å². The van der Waals surface area contributed by atoms with E-state index >= 15 is 0 Å². The zero-order chi connectivity index (χ0) is 10.1. The van der Waals surface area contributed by atoms with Crippen LogP contribution in [0.4, 0.5) is 8.78 Å². The molecule has 0 spiro atoms. The molecule has 3 heteroatoms. The molecular weight excluding hydrogens is 174 g/mol. The molecule has 1 N–H and O–H groups in total. The lowest BCUT2D eigenvalue weighted by atomic mass is 9.98. The van der Waals surface area contributed by atoms with Gasteiger partial charge < -0.3 is 5.11 Å². The van der Waals surface area contributed by atoms with Crippen LogP contribution in [0.5, 0.6) is 0 Å². The van der Waals surface area contributed by atoms with Gasteiger partial charge in [0.05, 0.1) is 0 Å². The maximum Gasteiger partial charge on any atom is 0.296 e. The number of hydrogen-bond donors (Lipinski definition) is 1. The van der Waals surface area contributed by atoms with Gasteiger partial charge in [-0.05, 0) is 25.0 Å². The molecule has 72 valence electrons. The number of halogens is 2. The number of aliphatic hydroxyl groups is 1. The summed E-state index contributed by atoms with van der Waals surface area (Å²) in [7, 11) is 0. The van der Waals surface area contributed by atoms with E-state index in [0.29, 0.717) is 11.1 Å². The third-order valence-corrected chi connectivity index (χ3v) is 2.05. The molecule has 0 saturated heterocycles. The second-order valence-electron chi connectivity index (χ2n) is 3.13. The van der Waals surface area contributed by atoms with Crippen LogP contribution in [0.25, 0.3) is 0 Å². The molecule has 0 bridgehead atoms. The second kappa shape index (κ2) is 3.42. The van der Waals surface area contributed by atoms with Crippen molar-refractivity contribution in [2.75, 3.05) is 6.61 Å². The summed E-state index contributed by atoms with van der Waals surface area (Å²) in [4.78, 5) is 0. The molecule has 0 aliphatic carbocycles. The predicted molar refractivity (Wildman–Crippen MR) is 46.9 cm³/mol. The van der Waals surface area contributed by atoms with Gasteiger partial charge in [0.25, 0.3) is 5.92 Å². The van der Waals surface area contributed by atoms with Gasteiger partial charge in [0, 0.05) is 5.56 Å². The number of aliphatic hydroxyl groups excluding tert-OH is 1. The van der Waals surface area contributed by atoms with Crippen LogP contribution in [-0.2, 0) is 5.92 Å². The molecule has 0 fully saturated rings. The first-order chi connectivity index (χ1) is 5.99. The van der Waals surface area contributed by atoms with Crippen LogP contribution in [0, 0.1) is 13.8 Å². The van der Waals surface area contributed by atoms with E-state index in [2.05, 4.69) is 0 Å². The van der Waals surface area contributed by atoms with Crippen molar-refractivity contribution in [3.8, 4) is 0 Å². The molecule has 1 rings (SSSR count). The molecule has 1 aromatic carbocycles. The average molecular weight is 186 g/mol. The lowest BCUT2D eigenvalue weighted by molar-refractivity contribution is -0.0565. The Kier molecular flexibility index (Phi) is 2.66. The lowest BCUT2D eigenvalue weighted by Crippen LogP contribution is -2.21. The van der Waals surface area contributed by atoms with Gasteiger partial charge in [0.15, 0.2) is 0 Å². The van der Waals surface area contributed by atoms with E-state index in [-0.39, 0.29) is 5.56 Å². The Morgan fingerprint density at radius 1 is 1.23 bits per heavy atom. The molecule has 1 nitrogen and oxygen atoms in total. The first-order valence-electron chi connectivity index (χ1n) is 4.04. The minimum absolute atomic E-state index is 0.0579. The second-order valence-corrected chi connectivity index (χ2v) is 3.13. The van der Waals surface area contributed by atoms with Crippen molar-refractivity contribution in [2.45, 2.75) is 19.8 Å². The summed E-state index contributed by atoms with van der Waals surface area (Å²) in [6, 6.07) is 4.96. The Hall–Kier alpha value is -0.960. The SMILES string of the molecule is Cc1cccc(C)c1C(F)(F)CO. The monoisotopic (exact) mass is 186 g/mol. The Balaban J connectivity index is 3.28. The van der Waals surface area contributed by atoms with Crippen molar-refractivity contribution in [3.05, 3.63) is 34.9 Å². The summed E-state index contributed by atoms with van der Waals surface area (Å²) in [6.07, 6.45) is 0. The van der Waals surface area contributed by atoms with Crippen LogP contribution in [-0.4, -0.2) is 11.7 Å². The molecule has 0 amide bonds. The van der Waals surface area contributed by atoms with E-state index in [0.717, 1.165) is 0 Å². The van der Waals surface area contributed by atoms with Crippen LogP contribution in [0.2, 0.25) is 0 Å². The molecule has 0 heterocycles. The van der Waals surface area contributed by atoms with Gasteiger partial charge >= 0.3 is 0 Å². The standard InChI is InChI=1S/C10H12F2O/c1-7-4-3-5-8(2)9(7)10(11,12)6-13/h3-5,13H,6H2,1-2H3. The molecule has 0 aliphatic heterocycles. The zero-order valence-corrected chi connectivity index (χ0v) is 7.64. The Bertz CT molecular complexity index is 288. The summed E-state index contributed by atoms with van der Waals surface area (Å²) in [5.41, 5.74) is 0.968. The molecule has 0 atom stereocenters. The molecule has 0 aromatic heterocycles. The fraction of sp³-hybridized carbons (Fsp3) is 0.400. The number of aryl methyl sites for hydroxylation is 2. The van der Waals surface area contributed by atoms with Gasteiger partial charge in [-0.2, -0.15) is 8.78 Å². The van der Waals surface area contributed by atoms with Crippen molar-refractivity contribution in [1.29, 1.82) is 0 Å². The predicted octanol–water partition coefficient (Wildman–Crippen LogP) is 2.39. The van der Waals surface area contributed by atoms with Crippen LogP contribution < -0.4 is 0 Å². The third-order valence-electron chi connectivity index (χ3n) is 2.05. The van der Waals surface area contributed by atoms with Gasteiger partial charge in [-0.25, -0.2) is 0 Å². The highest BCUT2D eigenvalue weighted by Crippen LogP contribution is 2.32. The summed E-state index contributed by atoms with van der Waals surface area (Å²) in [5, 5.41) is 8.55. The molecular formula is C10H12F2O. The Morgan fingerprint density at radius 2 is 1.69 bits per heavy atom. The number of benzene rings is 1. The summed E-state index contributed by atoms with van der Waals surface area (Å²) in [6.45, 7) is 2.09. The van der Waals surface area contributed by atoms with Crippen molar-refractivity contribution < 1.29 is 13.9 Å². The van der Waals surface area contributed by atoms with Crippen LogP contribution in [0.3, 0.4) is 0 Å². The normalized spacial score (nSPS) is 11.8. The van der Waals surface area contributed by atoms with E-state index in [1.54, 1.807) is 32.0 Å². The zero-order valence-electron chi connectivity index (χ0n) is 7.64. The molecule has 13 heavy (non-hydrogen) atoms. The van der Waals surface area contributed by atoms with Gasteiger partial charge in [-0.1, -0.05) is 18.2 Å². The number of hydrogen-bond acceptors (Lipinski definition) is 1. The first-order valence-corrected chi connectivity index (χ1v) is 4.04. The maximum absolute atomic E-state index is 13.2. The van der Waals surface area contributed by atoms with Gasteiger partial charge in [-0.15, -0.1) is 0 Å². The molecule has 0 radical (unpaired) electrons.